The number of aromatic nitrogens is 1. The average molecular weight is 393 g/mol. The number of ether oxygens (including phenoxy) is 1. The third-order valence-electron chi connectivity index (χ3n) is 4.32. The maximum Gasteiger partial charge on any atom is 0.262 e. The van der Waals surface area contributed by atoms with E-state index in [1.54, 1.807) is 13.0 Å². The molecule has 154 valence electrons. The number of hydrogen-bond donors (Lipinski definition) is 1. The van der Waals surface area contributed by atoms with Crippen LogP contribution in [0.25, 0.3) is 0 Å². The zero-order chi connectivity index (χ0) is 20.6. The van der Waals surface area contributed by atoms with Crippen molar-refractivity contribution in [3.8, 4) is 0 Å². The van der Waals surface area contributed by atoms with E-state index in [0.29, 0.717) is 38.7 Å². The molecule has 0 spiro atoms. The Morgan fingerprint density at radius 2 is 1.82 bits per heavy atom. The Labute approximate surface area is 164 Å². The van der Waals surface area contributed by atoms with Crippen LogP contribution in [-0.2, 0) is 4.74 Å². The van der Waals surface area contributed by atoms with Crippen LogP contribution in [0.1, 0.15) is 19.4 Å². The molecule has 0 saturated carbocycles. The van der Waals surface area contributed by atoms with Gasteiger partial charge in [0, 0.05) is 44.4 Å². The maximum absolute atomic E-state index is 13.2. The fourth-order valence-electron chi connectivity index (χ4n) is 2.93. The van der Waals surface area contributed by atoms with Crippen LogP contribution in [0.4, 0.5) is 20.3 Å². The fourth-order valence-corrected chi connectivity index (χ4v) is 2.93. The van der Waals surface area contributed by atoms with Gasteiger partial charge >= 0.3 is 0 Å². The van der Waals surface area contributed by atoms with Crippen molar-refractivity contribution in [2.75, 3.05) is 49.2 Å². The minimum Gasteiger partial charge on any atom is -0.378 e. The van der Waals surface area contributed by atoms with Crippen LogP contribution in [0.2, 0.25) is 0 Å². The molecule has 2 aromatic rings. The summed E-state index contributed by atoms with van der Waals surface area (Å²) in [4.78, 5) is 18.0. The lowest BCUT2D eigenvalue weighted by atomic mass is 10.2. The van der Waals surface area contributed by atoms with E-state index in [0.717, 1.165) is 12.6 Å². The van der Waals surface area contributed by atoms with E-state index < -0.39 is 12.5 Å². The van der Waals surface area contributed by atoms with Gasteiger partial charge in [0.25, 0.3) is 11.5 Å². The van der Waals surface area contributed by atoms with Crippen LogP contribution >= 0.6 is 0 Å². The van der Waals surface area contributed by atoms with E-state index in [1.165, 1.54) is 16.5 Å². The molecule has 1 saturated heterocycles. The highest BCUT2D eigenvalue weighted by Crippen LogP contribution is 2.22. The van der Waals surface area contributed by atoms with E-state index in [-0.39, 0.29) is 5.56 Å². The zero-order valence-corrected chi connectivity index (χ0v) is 16.8. The van der Waals surface area contributed by atoms with Crippen molar-refractivity contribution in [3.05, 3.63) is 58.4 Å². The predicted molar refractivity (Wildman–Crippen MR) is 110 cm³/mol. The Morgan fingerprint density at radius 1 is 1.18 bits per heavy atom. The fraction of sp³-hybridized carbons (Fsp3) is 0.476. The SMILES string of the molecule is CCN(CC(C)(F)F)c1cc(N2CCOCC2)cc(=O)[nH]1.Cc1ccccc1. The lowest BCUT2D eigenvalue weighted by molar-refractivity contribution is 0.0300. The molecule has 1 aromatic heterocycles. The van der Waals surface area contributed by atoms with Gasteiger partial charge in [-0.25, -0.2) is 8.78 Å². The Morgan fingerprint density at radius 3 is 2.32 bits per heavy atom. The van der Waals surface area contributed by atoms with Gasteiger partial charge in [0.1, 0.15) is 5.82 Å². The number of H-pyrrole nitrogens is 1. The molecule has 0 atom stereocenters. The summed E-state index contributed by atoms with van der Waals surface area (Å²) >= 11 is 0. The largest absolute Gasteiger partial charge is 0.378 e. The Balaban J connectivity index is 0.000000336. The predicted octanol–water partition coefficient (Wildman–Crippen LogP) is 3.69. The second kappa shape index (κ2) is 10.2. The number of aryl methyl sites for hydroxylation is 1. The van der Waals surface area contributed by atoms with Crippen molar-refractivity contribution in [3.63, 3.8) is 0 Å². The van der Waals surface area contributed by atoms with Crippen LogP contribution in [0.5, 0.6) is 0 Å². The Bertz CT molecular complexity index is 769. The number of anilines is 2. The third kappa shape index (κ3) is 7.31. The molecule has 0 bridgehead atoms. The summed E-state index contributed by atoms with van der Waals surface area (Å²) in [6, 6.07) is 13.5. The number of aromatic amines is 1. The number of halogens is 2. The van der Waals surface area contributed by atoms with Gasteiger partial charge in [-0.3, -0.25) is 4.79 Å². The van der Waals surface area contributed by atoms with Crippen LogP contribution in [0, 0.1) is 6.92 Å². The first-order valence-electron chi connectivity index (χ1n) is 9.50. The topological polar surface area (TPSA) is 48.6 Å². The molecule has 0 aliphatic carbocycles. The molecule has 0 radical (unpaired) electrons. The summed E-state index contributed by atoms with van der Waals surface area (Å²) in [6.45, 7) is 7.31. The lowest BCUT2D eigenvalue weighted by Crippen LogP contribution is -2.38. The first-order chi connectivity index (χ1) is 13.3. The summed E-state index contributed by atoms with van der Waals surface area (Å²) < 4.78 is 31.8. The van der Waals surface area contributed by atoms with E-state index in [1.807, 2.05) is 23.1 Å². The highest BCUT2D eigenvalue weighted by Gasteiger charge is 2.25. The summed E-state index contributed by atoms with van der Waals surface area (Å²) in [5, 5.41) is 0. The van der Waals surface area contributed by atoms with Gasteiger partial charge in [-0.15, -0.1) is 0 Å². The van der Waals surface area contributed by atoms with E-state index in [2.05, 4.69) is 24.0 Å². The van der Waals surface area contributed by atoms with Crippen molar-refractivity contribution in [1.29, 1.82) is 0 Å². The van der Waals surface area contributed by atoms with Crippen molar-refractivity contribution in [2.24, 2.45) is 0 Å². The number of rotatable bonds is 5. The molecule has 1 aromatic carbocycles. The van der Waals surface area contributed by atoms with Crippen LogP contribution < -0.4 is 15.4 Å². The summed E-state index contributed by atoms with van der Waals surface area (Å²) in [6.07, 6.45) is 0. The van der Waals surface area contributed by atoms with Gasteiger partial charge in [-0.1, -0.05) is 35.9 Å². The van der Waals surface area contributed by atoms with Crippen LogP contribution in [0.3, 0.4) is 0 Å². The summed E-state index contributed by atoms with van der Waals surface area (Å²) in [5.41, 5.74) is 1.78. The molecule has 2 heterocycles. The minimum absolute atomic E-state index is 0.285. The highest BCUT2D eigenvalue weighted by atomic mass is 19.3. The van der Waals surface area contributed by atoms with Gasteiger partial charge in [0.2, 0.25) is 0 Å². The molecular formula is C21H29F2N3O2. The number of nitrogens with one attached hydrogen (secondary N) is 1. The standard InChI is InChI=1S/C14H21F2N3O2.C7H8/c1-3-18(10-14(2,15)16)12-8-11(9-13(20)17-12)19-4-6-21-7-5-19;1-7-5-3-2-4-6-7/h8-9H,3-7,10H2,1-2H3,(H,17,20);2-6H,1H3. The van der Waals surface area contributed by atoms with Crippen molar-refractivity contribution in [1.82, 2.24) is 4.98 Å². The highest BCUT2D eigenvalue weighted by molar-refractivity contribution is 5.55. The molecule has 5 nitrogen and oxygen atoms in total. The van der Waals surface area contributed by atoms with Gasteiger partial charge in [-0.2, -0.15) is 0 Å². The van der Waals surface area contributed by atoms with E-state index >= 15 is 0 Å². The van der Waals surface area contributed by atoms with E-state index in [4.69, 9.17) is 4.74 Å². The lowest BCUT2D eigenvalue weighted by Gasteiger charge is -2.30. The summed E-state index contributed by atoms with van der Waals surface area (Å²) in [7, 11) is 0. The Hall–Kier alpha value is -2.41. The van der Waals surface area contributed by atoms with Gasteiger partial charge in [0.05, 0.1) is 19.8 Å². The van der Waals surface area contributed by atoms with E-state index in [9.17, 15) is 13.6 Å². The maximum atomic E-state index is 13.2. The number of benzene rings is 1. The first kappa shape index (κ1) is 21.9. The van der Waals surface area contributed by atoms with Crippen molar-refractivity contribution in [2.45, 2.75) is 26.7 Å². The van der Waals surface area contributed by atoms with Gasteiger partial charge in [0.15, 0.2) is 0 Å². The number of hydrogen-bond acceptors (Lipinski definition) is 4. The third-order valence-corrected chi connectivity index (χ3v) is 4.32. The molecule has 1 fully saturated rings. The molecule has 0 unspecified atom stereocenters. The summed E-state index contributed by atoms with van der Waals surface area (Å²) in [5.74, 6) is -2.39. The minimum atomic E-state index is -2.82. The number of alkyl halides is 2. The quantitative estimate of drug-likeness (QED) is 0.842. The van der Waals surface area contributed by atoms with Crippen molar-refractivity contribution >= 4 is 11.5 Å². The van der Waals surface area contributed by atoms with Crippen LogP contribution in [0.15, 0.2) is 47.3 Å². The molecule has 1 N–H and O–H groups in total. The van der Waals surface area contributed by atoms with Gasteiger partial charge < -0.3 is 19.5 Å². The second-order valence-electron chi connectivity index (χ2n) is 6.93. The van der Waals surface area contributed by atoms with Crippen LogP contribution in [-0.4, -0.2) is 50.3 Å². The second-order valence-corrected chi connectivity index (χ2v) is 6.93. The zero-order valence-electron chi connectivity index (χ0n) is 16.8. The Kier molecular flexibility index (Phi) is 7.99. The first-order valence-corrected chi connectivity index (χ1v) is 9.50. The van der Waals surface area contributed by atoms with Crippen molar-refractivity contribution < 1.29 is 13.5 Å². The monoisotopic (exact) mass is 393 g/mol. The molecule has 28 heavy (non-hydrogen) atoms. The number of morpholine rings is 1. The number of pyridine rings is 1. The number of nitrogens with zero attached hydrogens (tertiary/aromatic N) is 2. The molecular weight excluding hydrogens is 364 g/mol. The average Bonchev–Trinajstić information content (AvgIpc) is 2.67. The smallest absolute Gasteiger partial charge is 0.262 e. The molecule has 1 aliphatic heterocycles. The molecule has 0 amide bonds. The molecule has 1 aliphatic rings. The van der Waals surface area contributed by atoms with Gasteiger partial charge in [-0.05, 0) is 13.8 Å². The normalized spacial score (nSPS) is 14.2. The molecule has 7 heteroatoms. The molecule has 3 rings (SSSR count).